The summed E-state index contributed by atoms with van der Waals surface area (Å²) >= 11 is 0. The zero-order valence-corrected chi connectivity index (χ0v) is 15.6. The smallest absolute Gasteiger partial charge is 0.253 e. The minimum absolute atomic E-state index is 0.0530. The monoisotopic (exact) mass is 361 g/mol. The Labute approximate surface area is 152 Å². The molecule has 0 amide bonds. The first kappa shape index (κ1) is 20.0. The maximum absolute atomic E-state index is 14.3. The standard InChI is InChI=1S/C20H24FNO4/c1-12-5-6-15(17(21)9-12)10-16-13(2)20(25)22(4)14(3)19(16)18(24)11-26-8-7-23/h5-6,9,23H,7-8,10-11H2,1-4H3. The van der Waals surface area contributed by atoms with Gasteiger partial charge in [0.25, 0.3) is 5.56 Å². The SMILES string of the molecule is Cc1ccc(Cc2c(C(=O)COCCO)c(C)n(C)c(=O)c2C)c(F)c1. The lowest BCUT2D eigenvalue weighted by molar-refractivity contribution is 0.0661. The first-order valence-corrected chi connectivity index (χ1v) is 8.43. The van der Waals surface area contributed by atoms with Crippen LogP contribution in [-0.4, -0.2) is 35.3 Å². The highest BCUT2D eigenvalue weighted by molar-refractivity contribution is 5.99. The van der Waals surface area contributed by atoms with Crippen LogP contribution in [0.1, 0.15) is 38.3 Å². The van der Waals surface area contributed by atoms with Crippen molar-refractivity contribution in [1.82, 2.24) is 4.57 Å². The van der Waals surface area contributed by atoms with Crippen LogP contribution in [0.15, 0.2) is 23.0 Å². The quantitative estimate of drug-likeness (QED) is 0.607. The van der Waals surface area contributed by atoms with Crippen LogP contribution in [0.25, 0.3) is 0 Å². The van der Waals surface area contributed by atoms with Crippen LogP contribution in [0, 0.1) is 26.6 Å². The summed E-state index contributed by atoms with van der Waals surface area (Å²) in [4.78, 5) is 25.2. The Balaban J connectivity index is 2.55. The third-order valence-electron chi connectivity index (χ3n) is 4.57. The van der Waals surface area contributed by atoms with Gasteiger partial charge in [-0.25, -0.2) is 4.39 Å². The Morgan fingerprint density at radius 3 is 2.58 bits per heavy atom. The number of ether oxygens (including phenoxy) is 1. The first-order chi connectivity index (χ1) is 12.3. The van der Waals surface area contributed by atoms with Gasteiger partial charge in [-0.15, -0.1) is 0 Å². The van der Waals surface area contributed by atoms with Gasteiger partial charge in [0.05, 0.1) is 13.2 Å². The number of nitrogens with zero attached hydrogens (tertiary/aromatic N) is 1. The second-order valence-corrected chi connectivity index (χ2v) is 6.40. The third kappa shape index (κ3) is 4.08. The highest BCUT2D eigenvalue weighted by atomic mass is 19.1. The first-order valence-electron chi connectivity index (χ1n) is 8.43. The molecule has 26 heavy (non-hydrogen) atoms. The number of carbonyl (C=O) groups is 1. The van der Waals surface area contributed by atoms with E-state index < -0.39 is 0 Å². The van der Waals surface area contributed by atoms with Crippen LogP contribution in [0.3, 0.4) is 0 Å². The normalized spacial score (nSPS) is 11.0. The lowest BCUT2D eigenvalue weighted by Crippen LogP contribution is -2.28. The van der Waals surface area contributed by atoms with Crippen LogP contribution < -0.4 is 5.56 Å². The number of pyridine rings is 1. The zero-order valence-electron chi connectivity index (χ0n) is 15.6. The average Bonchev–Trinajstić information content (AvgIpc) is 2.60. The van der Waals surface area contributed by atoms with E-state index in [9.17, 15) is 14.0 Å². The highest BCUT2D eigenvalue weighted by Crippen LogP contribution is 2.22. The predicted octanol–water partition coefficient (Wildman–Crippen LogP) is 2.23. The molecule has 5 nitrogen and oxygen atoms in total. The van der Waals surface area contributed by atoms with Crippen LogP contribution in [0.4, 0.5) is 4.39 Å². The molecule has 0 radical (unpaired) electrons. The Kier molecular flexibility index (Phi) is 6.45. The van der Waals surface area contributed by atoms with E-state index in [0.29, 0.717) is 27.9 Å². The number of aliphatic hydroxyl groups is 1. The molecule has 0 unspecified atom stereocenters. The molecule has 0 atom stereocenters. The van der Waals surface area contributed by atoms with Crippen molar-refractivity contribution in [1.29, 1.82) is 0 Å². The molecule has 140 valence electrons. The summed E-state index contributed by atoms with van der Waals surface area (Å²) in [5, 5.41) is 8.81. The number of aryl methyl sites for hydroxylation is 1. The lowest BCUT2D eigenvalue weighted by Gasteiger charge is -2.18. The molecular formula is C20H24FNO4. The van der Waals surface area contributed by atoms with E-state index in [1.165, 1.54) is 10.6 Å². The Morgan fingerprint density at radius 2 is 1.96 bits per heavy atom. The number of halogens is 1. The number of benzene rings is 1. The molecule has 1 heterocycles. The second kappa shape index (κ2) is 8.38. The van der Waals surface area contributed by atoms with Gasteiger partial charge in [0, 0.05) is 30.3 Å². The zero-order chi connectivity index (χ0) is 19.4. The fraction of sp³-hybridized carbons (Fsp3) is 0.400. The molecule has 1 aromatic carbocycles. The summed E-state index contributed by atoms with van der Waals surface area (Å²) in [7, 11) is 1.60. The average molecular weight is 361 g/mol. The van der Waals surface area contributed by atoms with E-state index in [1.807, 2.05) is 0 Å². The van der Waals surface area contributed by atoms with Crippen molar-refractivity contribution in [2.24, 2.45) is 7.05 Å². The van der Waals surface area contributed by atoms with Crippen molar-refractivity contribution in [3.05, 3.63) is 67.9 Å². The molecule has 0 saturated heterocycles. The Hall–Kier alpha value is -2.31. The molecule has 2 rings (SSSR count). The number of ketones is 1. The number of Topliss-reactive ketones (excluding diaryl/α,β-unsaturated/α-hetero) is 1. The Morgan fingerprint density at radius 1 is 1.27 bits per heavy atom. The largest absolute Gasteiger partial charge is 0.394 e. The van der Waals surface area contributed by atoms with E-state index in [-0.39, 0.29) is 43.4 Å². The topological polar surface area (TPSA) is 68.5 Å². The molecule has 0 bridgehead atoms. The maximum Gasteiger partial charge on any atom is 0.253 e. The minimum Gasteiger partial charge on any atom is -0.394 e. The maximum atomic E-state index is 14.3. The van der Waals surface area contributed by atoms with Gasteiger partial charge in [0.15, 0.2) is 5.78 Å². The van der Waals surface area contributed by atoms with Gasteiger partial charge in [-0.05, 0) is 43.5 Å². The highest BCUT2D eigenvalue weighted by Gasteiger charge is 2.22. The van der Waals surface area contributed by atoms with Gasteiger partial charge < -0.3 is 14.4 Å². The van der Waals surface area contributed by atoms with Gasteiger partial charge in [-0.2, -0.15) is 0 Å². The summed E-state index contributed by atoms with van der Waals surface area (Å²) in [5.74, 6) is -0.658. The Bertz CT molecular complexity index is 886. The van der Waals surface area contributed by atoms with Gasteiger partial charge in [-0.1, -0.05) is 12.1 Å². The van der Waals surface area contributed by atoms with Crippen molar-refractivity contribution in [2.45, 2.75) is 27.2 Å². The molecule has 1 aromatic heterocycles. The van der Waals surface area contributed by atoms with Crippen molar-refractivity contribution in [3.63, 3.8) is 0 Å². The summed E-state index contributed by atoms with van der Waals surface area (Å²) in [6, 6.07) is 4.91. The molecule has 0 spiro atoms. The molecule has 0 saturated carbocycles. The third-order valence-corrected chi connectivity index (χ3v) is 4.57. The molecule has 0 aliphatic heterocycles. The van der Waals surface area contributed by atoms with Crippen LogP contribution in [0.5, 0.6) is 0 Å². The number of aromatic nitrogens is 1. The van der Waals surface area contributed by atoms with Crippen molar-refractivity contribution >= 4 is 5.78 Å². The van der Waals surface area contributed by atoms with E-state index in [1.54, 1.807) is 40.0 Å². The fourth-order valence-electron chi connectivity index (χ4n) is 2.99. The van der Waals surface area contributed by atoms with Gasteiger partial charge >= 0.3 is 0 Å². The second-order valence-electron chi connectivity index (χ2n) is 6.40. The fourth-order valence-corrected chi connectivity index (χ4v) is 2.99. The number of aliphatic hydroxyl groups excluding tert-OH is 1. The van der Waals surface area contributed by atoms with Crippen LogP contribution in [0.2, 0.25) is 0 Å². The van der Waals surface area contributed by atoms with Crippen molar-refractivity contribution in [3.8, 4) is 0 Å². The van der Waals surface area contributed by atoms with E-state index in [2.05, 4.69) is 0 Å². The summed E-state index contributed by atoms with van der Waals surface area (Å²) in [6.07, 6.45) is 0.149. The van der Waals surface area contributed by atoms with Crippen molar-refractivity contribution < 1.29 is 19.0 Å². The predicted molar refractivity (Wildman–Crippen MR) is 97.3 cm³/mol. The summed E-state index contributed by atoms with van der Waals surface area (Å²) in [5.41, 5.74) is 2.85. The molecule has 6 heteroatoms. The number of carbonyl (C=O) groups excluding carboxylic acids is 1. The molecule has 0 aliphatic carbocycles. The summed E-state index contributed by atoms with van der Waals surface area (Å²) in [6.45, 7) is 4.80. The van der Waals surface area contributed by atoms with Crippen molar-refractivity contribution in [2.75, 3.05) is 19.8 Å². The summed E-state index contributed by atoms with van der Waals surface area (Å²) < 4.78 is 20.9. The van der Waals surface area contributed by atoms with Gasteiger partial charge in [0.2, 0.25) is 0 Å². The van der Waals surface area contributed by atoms with Crippen LogP contribution >= 0.6 is 0 Å². The van der Waals surface area contributed by atoms with E-state index in [4.69, 9.17) is 9.84 Å². The number of hydrogen-bond donors (Lipinski definition) is 1. The molecule has 0 fully saturated rings. The lowest BCUT2D eigenvalue weighted by atomic mass is 9.92. The number of rotatable bonds is 7. The number of hydrogen-bond acceptors (Lipinski definition) is 4. The molecule has 0 aliphatic rings. The van der Waals surface area contributed by atoms with Crippen LogP contribution in [-0.2, 0) is 18.2 Å². The molecule has 1 N–H and O–H groups in total. The minimum atomic E-state index is -0.363. The molecular weight excluding hydrogens is 337 g/mol. The molecule has 2 aromatic rings. The van der Waals surface area contributed by atoms with Gasteiger partial charge in [0.1, 0.15) is 12.4 Å². The van der Waals surface area contributed by atoms with E-state index in [0.717, 1.165) is 5.56 Å². The van der Waals surface area contributed by atoms with E-state index >= 15 is 0 Å². The van der Waals surface area contributed by atoms with Gasteiger partial charge in [-0.3, -0.25) is 9.59 Å².